The zero-order chi connectivity index (χ0) is 20.8. The fourth-order valence-corrected chi connectivity index (χ4v) is 3.41. The van der Waals surface area contributed by atoms with Crippen LogP contribution < -0.4 is 29.6 Å². The van der Waals surface area contributed by atoms with Crippen LogP contribution in [0.4, 0.5) is 15.6 Å². The van der Waals surface area contributed by atoms with Gasteiger partial charge in [0.2, 0.25) is 0 Å². The predicted molar refractivity (Wildman–Crippen MR) is 113 cm³/mol. The van der Waals surface area contributed by atoms with Crippen LogP contribution in [0.2, 0.25) is 0 Å². The molecule has 0 aliphatic carbocycles. The molecule has 0 fully saturated rings. The number of urea groups is 1. The van der Waals surface area contributed by atoms with Crippen LogP contribution in [-0.4, -0.2) is 39.5 Å². The third-order valence-corrected chi connectivity index (χ3v) is 4.81. The van der Waals surface area contributed by atoms with E-state index in [1.807, 2.05) is 23.6 Å². The van der Waals surface area contributed by atoms with Gasteiger partial charge in [0, 0.05) is 10.9 Å². The Bertz CT molecular complexity index is 1010. The number of nitrogens with one attached hydrogen (secondary N) is 2. The summed E-state index contributed by atoms with van der Waals surface area (Å²) in [7, 11) is 6.20. The molecule has 0 unspecified atom stereocenters. The molecular weight excluding hydrogens is 394 g/mol. The van der Waals surface area contributed by atoms with E-state index in [0.717, 1.165) is 5.56 Å². The summed E-state index contributed by atoms with van der Waals surface area (Å²) in [6.45, 7) is 0. The largest absolute Gasteiger partial charge is 0.493 e. The first-order valence-electron chi connectivity index (χ1n) is 8.56. The van der Waals surface area contributed by atoms with Crippen molar-refractivity contribution in [1.29, 1.82) is 0 Å². The van der Waals surface area contributed by atoms with Crippen LogP contribution in [0.1, 0.15) is 0 Å². The summed E-state index contributed by atoms with van der Waals surface area (Å²) in [5.41, 5.74) is 2.05. The molecule has 29 heavy (non-hydrogen) atoms. The van der Waals surface area contributed by atoms with Crippen molar-refractivity contribution in [3.63, 3.8) is 0 Å². The van der Waals surface area contributed by atoms with E-state index in [2.05, 4.69) is 15.6 Å². The number of aromatic nitrogens is 1. The second-order valence-corrected chi connectivity index (χ2v) is 6.59. The van der Waals surface area contributed by atoms with Gasteiger partial charge in [-0.05, 0) is 30.3 Å². The average Bonchev–Trinajstić information content (AvgIpc) is 3.21. The van der Waals surface area contributed by atoms with E-state index in [1.54, 1.807) is 32.4 Å². The number of carbonyl (C=O) groups excluding carboxylic acids is 1. The summed E-state index contributed by atoms with van der Waals surface area (Å²) in [4.78, 5) is 16.9. The predicted octanol–water partition coefficient (Wildman–Crippen LogP) is 4.49. The van der Waals surface area contributed by atoms with E-state index in [9.17, 15) is 4.79 Å². The lowest BCUT2D eigenvalue weighted by atomic mass is 10.1. The minimum absolute atomic E-state index is 0.440. The summed E-state index contributed by atoms with van der Waals surface area (Å²) in [5.74, 6) is 2.21. The van der Waals surface area contributed by atoms with Gasteiger partial charge in [-0.25, -0.2) is 9.78 Å². The minimum Gasteiger partial charge on any atom is -0.493 e. The SMILES string of the molecule is COc1ccc(-c2csc(NC(=O)Nc3cccc(OC)c3OC)n2)cc1OC. The number of benzene rings is 2. The molecule has 8 nitrogen and oxygen atoms in total. The number of thiazole rings is 1. The summed E-state index contributed by atoms with van der Waals surface area (Å²) >= 11 is 1.31. The minimum atomic E-state index is -0.440. The van der Waals surface area contributed by atoms with Crippen LogP contribution in [-0.2, 0) is 0 Å². The highest BCUT2D eigenvalue weighted by atomic mass is 32.1. The molecule has 2 aromatic carbocycles. The van der Waals surface area contributed by atoms with Crippen LogP contribution in [0.5, 0.6) is 23.0 Å². The third-order valence-electron chi connectivity index (χ3n) is 4.06. The number of rotatable bonds is 7. The standard InChI is InChI=1S/C20H21N3O5S/c1-25-15-9-8-12(10-17(15)27-3)14-11-29-20(22-14)23-19(24)21-13-6-5-7-16(26-2)18(13)28-4/h5-11H,1-4H3,(H2,21,22,23,24). The summed E-state index contributed by atoms with van der Waals surface area (Å²) < 4.78 is 21.1. The van der Waals surface area contributed by atoms with E-state index < -0.39 is 6.03 Å². The molecule has 1 aromatic heterocycles. The van der Waals surface area contributed by atoms with Gasteiger partial charge < -0.3 is 24.3 Å². The molecule has 2 amide bonds. The molecule has 9 heteroatoms. The van der Waals surface area contributed by atoms with E-state index in [0.29, 0.717) is 39.5 Å². The maximum absolute atomic E-state index is 12.4. The Morgan fingerprint density at radius 3 is 2.34 bits per heavy atom. The molecule has 0 aliphatic rings. The Balaban J connectivity index is 1.73. The molecule has 0 saturated heterocycles. The van der Waals surface area contributed by atoms with Crippen LogP contribution in [0.3, 0.4) is 0 Å². The monoisotopic (exact) mass is 415 g/mol. The molecule has 3 aromatic rings. The quantitative estimate of drug-likeness (QED) is 0.591. The van der Waals surface area contributed by atoms with Crippen LogP contribution >= 0.6 is 11.3 Å². The van der Waals surface area contributed by atoms with E-state index in [4.69, 9.17) is 18.9 Å². The Kier molecular flexibility index (Phi) is 6.40. The number of nitrogens with zero attached hydrogens (tertiary/aromatic N) is 1. The van der Waals surface area contributed by atoms with Crippen molar-refractivity contribution in [2.24, 2.45) is 0 Å². The molecule has 3 rings (SSSR count). The number of ether oxygens (including phenoxy) is 4. The number of hydrogen-bond donors (Lipinski definition) is 2. The first kappa shape index (κ1) is 20.3. The topological polar surface area (TPSA) is 90.9 Å². The van der Waals surface area contributed by atoms with E-state index in [-0.39, 0.29) is 0 Å². The second kappa shape index (κ2) is 9.16. The van der Waals surface area contributed by atoms with Crippen molar-refractivity contribution < 1.29 is 23.7 Å². The number of para-hydroxylation sites is 1. The Morgan fingerprint density at radius 1 is 0.897 bits per heavy atom. The second-order valence-electron chi connectivity index (χ2n) is 5.73. The first-order valence-corrected chi connectivity index (χ1v) is 9.44. The zero-order valence-electron chi connectivity index (χ0n) is 16.4. The Morgan fingerprint density at radius 2 is 1.66 bits per heavy atom. The highest BCUT2D eigenvalue weighted by molar-refractivity contribution is 7.14. The highest BCUT2D eigenvalue weighted by Crippen LogP contribution is 2.35. The Hall–Kier alpha value is -3.46. The smallest absolute Gasteiger partial charge is 0.325 e. The van der Waals surface area contributed by atoms with Crippen LogP contribution in [0, 0.1) is 0 Å². The van der Waals surface area contributed by atoms with Gasteiger partial charge in [0.05, 0.1) is 39.8 Å². The van der Waals surface area contributed by atoms with Gasteiger partial charge in [0.1, 0.15) is 0 Å². The molecule has 0 bridgehead atoms. The molecule has 152 valence electrons. The fourth-order valence-electron chi connectivity index (χ4n) is 2.70. The third kappa shape index (κ3) is 4.52. The van der Waals surface area contributed by atoms with Gasteiger partial charge in [0.25, 0.3) is 0 Å². The molecule has 2 N–H and O–H groups in total. The summed E-state index contributed by atoms with van der Waals surface area (Å²) in [6.07, 6.45) is 0. The number of anilines is 2. The highest BCUT2D eigenvalue weighted by Gasteiger charge is 2.14. The van der Waals surface area contributed by atoms with Crippen LogP contribution in [0.15, 0.2) is 41.8 Å². The molecule has 1 heterocycles. The average molecular weight is 415 g/mol. The van der Waals surface area contributed by atoms with Gasteiger partial charge in [-0.3, -0.25) is 5.32 Å². The van der Waals surface area contributed by atoms with Crippen molar-refractivity contribution in [3.05, 3.63) is 41.8 Å². The van der Waals surface area contributed by atoms with Gasteiger partial charge in [-0.15, -0.1) is 11.3 Å². The summed E-state index contributed by atoms with van der Waals surface area (Å²) in [5, 5.41) is 7.77. The van der Waals surface area contributed by atoms with Gasteiger partial charge in [-0.1, -0.05) is 6.07 Å². The van der Waals surface area contributed by atoms with Crippen molar-refractivity contribution in [1.82, 2.24) is 4.98 Å². The van der Waals surface area contributed by atoms with Crippen molar-refractivity contribution in [3.8, 4) is 34.3 Å². The zero-order valence-corrected chi connectivity index (χ0v) is 17.3. The summed E-state index contributed by atoms with van der Waals surface area (Å²) in [6, 6.07) is 10.3. The molecule has 0 saturated carbocycles. The van der Waals surface area contributed by atoms with Gasteiger partial charge >= 0.3 is 6.03 Å². The lowest BCUT2D eigenvalue weighted by molar-refractivity contribution is 0.262. The van der Waals surface area contributed by atoms with Crippen molar-refractivity contribution in [2.75, 3.05) is 39.1 Å². The number of hydrogen-bond acceptors (Lipinski definition) is 7. The number of methoxy groups -OCH3 is 4. The maximum atomic E-state index is 12.4. The Labute approximate surface area is 172 Å². The lowest BCUT2D eigenvalue weighted by Crippen LogP contribution is -2.19. The normalized spacial score (nSPS) is 10.2. The molecule has 0 aliphatic heterocycles. The van der Waals surface area contributed by atoms with Crippen molar-refractivity contribution in [2.45, 2.75) is 0 Å². The molecule has 0 spiro atoms. The van der Waals surface area contributed by atoms with E-state index in [1.165, 1.54) is 25.6 Å². The number of amides is 2. The van der Waals surface area contributed by atoms with Crippen LogP contribution in [0.25, 0.3) is 11.3 Å². The number of carbonyl (C=O) groups is 1. The molecule has 0 radical (unpaired) electrons. The maximum Gasteiger partial charge on any atom is 0.325 e. The first-order chi connectivity index (χ1) is 14.1. The van der Waals surface area contributed by atoms with Gasteiger partial charge in [0.15, 0.2) is 28.1 Å². The van der Waals surface area contributed by atoms with E-state index >= 15 is 0 Å². The van der Waals surface area contributed by atoms with Gasteiger partial charge in [-0.2, -0.15) is 0 Å². The van der Waals surface area contributed by atoms with Crippen molar-refractivity contribution >= 4 is 28.2 Å². The molecule has 0 atom stereocenters. The fraction of sp³-hybridized carbons (Fsp3) is 0.200. The lowest BCUT2D eigenvalue weighted by Gasteiger charge is -2.13. The molecular formula is C20H21N3O5S.